The van der Waals surface area contributed by atoms with E-state index in [0.29, 0.717) is 6.04 Å². The van der Waals surface area contributed by atoms with Crippen LogP contribution in [-0.4, -0.2) is 30.4 Å². The largest absolute Gasteiger partial charge is 0.337 e. The first-order valence-corrected chi connectivity index (χ1v) is 5.72. The van der Waals surface area contributed by atoms with E-state index in [1.807, 2.05) is 28.7 Å². The van der Waals surface area contributed by atoms with Crippen LogP contribution in [0.5, 0.6) is 0 Å². The first-order chi connectivity index (χ1) is 8.16. The van der Waals surface area contributed by atoms with Crippen molar-refractivity contribution in [2.24, 2.45) is 7.05 Å². The molecule has 0 aliphatic rings. The predicted molar refractivity (Wildman–Crippen MR) is 64.2 cm³/mol. The fourth-order valence-electron chi connectivity index (χ4n) is 1.96. The molecule has 2 heterocycles. The molecular weight excluding hydrogens is 216 g/mol. The molecule has 0 fully saturated rings. The summed E-state index contributed by atoms with van der Waals surface area (Å²) < 4.78 is 3.85. The van der Waals surface area contributed by atoms with Gasteiger partial charge in [-0.15, -0.1) is 0 Å². The highest BCUT2D eigenvalue weighted by atomic mass is 15.3. The Balaban J connectivity index is 1.90. The molecule has 0 saturated heterocycles. The minimum absolute atomic E-state index is 0.216. The van der Waals surface area contributed by atoms with Crippen molar-refractivity contribution < 1.29 is 0 Å². The minimum atomic E-state index is 0.216. The van der Waals surface area contributed by atoms with Gasteiger partial charge in [-0.25, -0.2) is 9.97 Å². The summed E-state index contributed by atoms with van der Waals surface area (Å²) in [6.45, 7) is 5.04. The molecule has 6 heteroatoms. The molecule has 2 unspecified atom stereocenters. The zero-order valence-electron chi connectivity index (χ0n) is 10.4. The summed E-state index contributed by atoms with van der Waals surface area (Å²) in [6.07, 6.45) is 7.05. The van der Waals surface area contributed by atoms with Gasteiger partial charge in [-0.1, -0.05) is 0 Å². The molecule has 0 aromatic carbocycles. The molecule has 2 atom stereocenters. The molecule has 0 amide bonds. The minimum Gasteiger partial charge on any atom is -0.337 e. The molecule has 17 heavy (non-hydrogen) atoms. The van der Waals surface area contributed by atoms with Gasteiger partial charge in [-0.3, -0.25) is 4.68 Å². The van der Waals surface area contributed by atoms with E-state index in [4.69, 9.17) is 0 Å². The van der Waals surface area contributed by atoms with Gasteiger partial charge in [0.25, 0.3) is 0 Å². The van der Waals surface area contributed by atoms with E-state index in [-0.39, 0.29) is 6.04 Å². The molecule has 2 aromatic heterocycles. The number of aryl methyl sites for hydroxylation is 1. The monoisotopic (exact) mass is 234 g/mol. The summed E-state index contributed by atoms with van der Waals surface area (Å²) in [6, 6.07) is 0.525. The van der Waals surface area contributed by atoms with Crippen LogP contribution in [0, 0.1) is 0 Å². The average Bonchev–Trinajstić information content (AvgIpc) is 2.88. The number of hydrogen-bond donors (Lipinski definition) is 1. The molecule has 2 rings (SSSR count). The van der Waals surface area contributed by atoms with Gasteiger partial charge >= 0.3 is 0 Å². The smallest absolute Gasteiger partial charge is 0.137 e. The molecule has 1 N–H and O–H groups in total. The van der Waals surface area contributed by atoms with Crippen molar-refractivity contribution in [3.63, 3.8) is 0 Å². The number of imidazole rings is 1. The maximum atomic E-state index is 4.33. The Labute approximate surface area is 101 Å². The van der Waals surface area contributed by atoms with Crippen molar-refractivity contribution in [1.29, 1.82) is 0 Å². The molecule has 6 nitrogen and oxygen atoms in total. The Kier molecular flexibility index (Phi) is 3.53. The first-order valence-electron chi connectivity index (χ1n) is 5.72. The van der Waals surface area contributed by atoms with Crippen LogP contribution >= 0.6 is 0 Å². The lowest BCUT2D eigenvalue weighted by Crippen LogP contribution is -2.33. The maximum absolute atomic E-state index is 4.33. The topological polar surface area (TPSA) is 60.6 Å². The summed E-state index contributed by atoms with van der Waals surface area (Å²) in [5.74, 6) is 1.04. The lowest BCUT2D eigenvalue weighted by atomic mass is 10.2. The first kappa shape index (κ1) is 11.8. The third-order valence-electron chi connectivity index (χ3n) is 2.71. The predicted octanol–water partition coefficient (Wildman–Crippen LogP) is 0.751. The lowest BCUT2D eigenvalue weighted by Gasteiger charge is -2.19. The van der Waals surface area contributed by atoms with Crippen molar-refractivity contribution in [3.8, 4) is 0 Å². The summed E-state index contributed by atoms with van der Waals surface area (Å²) in [4.78, 5) is 8.26. The van der Waals surface area contributed by atoms with E-state index in [9.17, 15) is 0 Å². The molecule has 0 radical (unpaired) electrons. The van der Waals surface area contributed by atoms with Gasteiger partial charge in [0.1, 0.15) is 18.5 Å². The second-order valence-corrected chi connectivity index (χ2v) is 4.30. The molecule has 0 aliphatic carbocycles. The highest BCUT2D eigenvalue weighted by molar-refractivity contribution is 4.97. The quantitative estimate of drug-likeness (QED) is 0.829. The van der Waals surface area contributed by atoms with E-state index in [1.54, 1.807) is 12.7 Å². The van der Waals surface area contributed by atoms with Crippen LogP contribution in [0.2, 0.25) is 0 Å². The zero-order chi connectivity index (χ0) is 12.3. The van der Waals surface area contributed by atoms with Gasteiger partial charge in [0.15, 0.2) is 0 Å². The summed E-state index contributed by atoms with van der Waals surface area (Å²) >= 11 is 0. The molecule has 2 aromatic rings. The number of aromatic nitrogens is 5. The highest BCUT2D eigenvalue weighted by Gasteiger charge is 2.13. The fraction of sp³-hybridized carbons (Fsp3) is 0.545. The number of rotatable bonds is 5. The Hall–Kier alpha value is -1.69. The molecular formula is C11H18N6. The summed E-state index contributed by atoms with van der Waals surface area (Å²) in [7, 11) is 2.00. The Bertz CT molecular complexity index is 446. The van der Waals surface area contributed by atoms with Gasteiger partial charge in [-0.2, -0.15) is 5.10 Å². The van der Waals surface area contributed by atoms with Crippen LogP contribution in [0.4, 0.5) is 0 Å². The standard InChI is InChI=1S/C11H18N6/c1-9(6-17-8-12-7-14-17)15-10(2)11-13-4-5-16(11)3/h4-5,7-10,15H,6H2,1-3H3. The van der Waals surface area contributed by atoms with Crippen LogP contribution in [0.15, 0.2) is 25.0 Å². The Morgan fingerprint density at radius 3 is 2.82 bits per heavy atom. The molecule has 0 spiro atoms. The second kappa shape index (κ2) is 5.09. The van der Waals surface area contributed by atoms with Crippen LogP contribution < -0.4 is 5.32 Å². The van der Waals surface area contributed by atoms with Crippen molar-refractivity contribution >= 4 is 0 Å². The summed E-state index contributed by atoms with van der Waals surface area (Å²) in [5.41, 5.74) is 0. The molecule has 92 valence electrons. The highest BCUT2D eigenvalue weighted by Crippen LogP contribution is 2.09. The van der Waals surface area contributed by atoms with Crippen molar-refractivity contribution in [2.75, 3.05) is 0 Å². The molecule has 0 saturated carbocycles. The van der Waals surface area contributed by atoms with Crippen molar-refractivity contribution in [3.05, 3.63) is 30.9 Å². The number of nitrogens with zero attached hydrogens (tertiary/aromatic N) is 5. The van der Waals surface area contributed by atoms with Crippen molar-refractivity contribution in [2.45, 2.75) is 32.5 Å². The second-order valence-electron chi connectivity index (χ2n) is 4.30. The van der Waals surface area contributed by atoms with E-state index < -0.39 is 0 Å². The van der Waals surface area contributed by atoms with Crippen LogP contribution in [0.3, 0.4) is 0 Å². The third-order valence-corrected chi connectivity index (χ3v) is 2.71. The zero-order valence-corrected chi connectivity index (χ0v) is 10.4. The van der Waals surface area contributed by atoms with E-state index in [2.05, 4.69) is 34.2 Å². The normalized spacial score (nSPS) is 14.8. The number of hydrogen-bond acceptors (Lipinski definition) is 4. The van der Waals surface area contributed by atoms with E-state index >= 15 is 0 Å². The third kappa shape index (κ3) is 2.91. The van der Waals surface area contributed by atoms with Gasteiger partial charge in [0.05, 0.1) is 12.6 Å². The fourth-order valence-corrected chi connectivity index (χ4v) is 1.96. The average molecular weight is 234 g/mol. The van der Waals surface area contributed by atoms with Gasteiger partial charge < -0.3 is 9.88 Å². The maximum Gasteiger partial charge on any atom is 0.137 e. The van der Waals surface area contributed by atoms with Gasteiger partial charge in [0, 0.05) is 25.5 Å². The Morgan fingerprint density at radius 1 is 1.41 bits per heavy atom. The number of nitrogens with one attached hydrogen (secondary N) is 1. The summed E-state index contributed by atoms with van der Waals surface area (Å²) in [5, 5.41) is 7.58. The van der Waals surface area contributed by atoms with Crippen LogP contribution in [0.25, 0.3) is 0 Å². The van der Waals surface area contributed by atoms with Crippen LogP contribution in [0.1, 0.15) is 25.7 Å². The molecule has 0 bridgehead atoms. The molecule has 0 aliphatic heterocycles. The van der Waals surface area contributed by atoms with Crippen LogP contribution in [-0.2, 0) is 13.6 Å². The van der Waals surface area contributed by atoms with Gasteiger partial charge in [-0.05, 0) is 13.8 Å². The van der Waals surface area contributed by atoms with E-state index in [1.165, 1.54) is 0 Å². The van der Waals surface area contributed by atoms with Gasteiger partial charge in [0.2, 0.25) is 0 Å². The van der Waals surface area contributed by atoms with E-state index in [0.717, 1.165) is 12.4 Å². The van der Waals surface area contributed by atoms with Crippen molar-refractivity contribution in [1.82, 2.24) is 29.6 Å². The SMILES string of the molecule is CC(Cn1cncn1)NC(C)c1nccn1C. The lowest BCUT2D eigenvalue weighted by molar-refractivity contribution is 0.399. The Morgan fingerprint density at radius 2 is 2.24 bits per heavy atom.